The summed E-state index contributed by atoms with van der Waals surface area (Å²) < 4.78 is 35.7. The molecule has 0 unspecified atom stereocenters. The summed E-state index contributed by atoms with van der Waals surface area (Å²) in [6, 6.07) is 0. The molecule has 0 aromatic carbocycles. The quantitative estimate of drug-likeness (QED) is 0.547. The summed E-state index contributed by atoms with van der Waals surface area (Å²) >= 11 is 0. The van der Waals surface area contributed by atoms with E-state index < -0.39 is 11.7 Å². The Kier molecular flexibility index (Phi) is 3.11. The fraction of sp³-hybridized carbons (Fsp3) is 0.250. The maximum Gasteiger partial charge on any atom is 0.416 e. The Balaban J connectivity index is 4.68. The molecule has 3 heteroatoms. The molecule has 62 valence electrons. The van der Waals surface area contributed by atoms with E-state index in [1.54, 1.807) is 0 Å². The van der Waals surface area contributed by atoms with Gasteiger partial charge in [0, 0.05) is 0 Å². The number of hydrogen-bond donors (Lipinski definition) is 0. The van der Waals surface area contributed by atoms with E-state index in [4.69, 9.17) is 0 Å². The Bertz CT molecular complexity index is 196. The van der Waals surface area contributed by atoms with Gasteiger partial charge in [-0.15, -0.1) is 0 Å². The van der Waals surface area contributed by atoms with E-state index in [2.05, 4.69) is 13.2 Å². The molecular formula is C8H9F3. The van der Waals surface area contributed by atoms with Crippen molar-refractivity contribution in [3.05, 3.63) is 36.5 Å². The SMILES string of the molecule is C=C/C(=C\C(=C)C)C(F)(F)F. The van der Waals surface area contributed by atoms with Gasteiger partial charge in [0.2, 0.25) is 0 Å². The summed E-state index contributed by atoms with van der Waals surface area (Å²) in [6.45, 7) is 7.88. The molecule has 0 saturated heterocycles. The van der Waals surface area contributed by atoms with Gasteiger partial charge in [-0.3, -0.25) is 0 Å². The second kappa shape index (κ2) is 3.42. The molecule has 0 spiro atoms. The number of rotatable bonds is 2. The van der Waals surface area contributed by atoms with E-state index in [-0.39, 0.29) is 0 Å². The van der Waals surface area contributed by atoms with Crippen molar-refractivity contribution in [1.82, 2.24) is 0 Å². The minimum Gasteiger partial charge on any atom is -0.166 e. The Labute approximate surface area is 63.7 Å². The maximum absolute atomic E-state index is 11.9. The van der Waals surface area contributed by atoms with Crippen LogP contribution >= 0.6 is 0 Å². The lowest BCUT2D eigenvalue weighted by molar-refractivity contribution is -0.0881. The third kappa shape index (κ3) is 3.65. The van der Waals surface area contributed by atoms with Gasteiger partial charge in [0.05, 0.1) is 5.57 Å². The maximum atomic E-state index is 11.9. The minimum atomic E-state index is -4.32. The monoisotopic (exact) mass is 162 g/mol. The average Bonchev–Trinajstić information content (AvgIpc) is 1.79. The summed E-state index contributed by atoms with van der Waals surface area (Å²) in [4.78, 5) is 0. The smallest absolute Gasteiger partial charge is 0.166 e. The minimum absolute atomic E-state index is 0.359. The number of halogens is 3. The van der Waals surface area contributed by atoms with Crippen molar-refractivity contribution in [1.29, 1.82) is 0 Å². The molecule has 0 nitrogen and oxygen atoms in total. The Morgan fingerprint density at radius 3 is 1.91 bits per heavy atom. The molecule has 0 rings (SSSR count). The molecule has 0 amide bonds. The lowest BCUT2D eigenvalue weighted by Crippen LogP contribution is -2.09. The van der Waals surface area contributed by atoms with E-state index in [1.807, 2.05) is 0 Å². The molecule has 11 heavy (non-hydrogen) atoms. The zero-order valence-corrected chi connectivity index (χ0v) is 6.20. The van der Waals surface area contributed by atoms with E-state index in [9.17, 15) is 13.2 Å². The van der Waals surface area contributed by atoms with E-state index in [1.165, 1.54) is 6.92 Å². The highest BCUT2D eigenvalue weighted by Crippen LogP contribution is 2.26. The lowest BCUT2D eigenvalue weighted by atomic mass is 10.2. The lowest BCUT2D eigenvalue weighted by Gasteiger charge is -2.06. The molecule has 0 atom stereocenters. The van der Waals surface area contributed by atoms with Crippen LogP contribution in [0.1, 0.15) is 6.92 Å². The summed E-state index contributed by atoms with van der Waals surface area (Å²) in [7, 11) is 0. The van der Waals surface area contributed by atoms with Gasteiger partial charge >= 0.3 is 6.18 Å². The van der Waals surface area contributed by atoms with Gasteiger partial charge in [-0.25, -0.2) is 0 Å². The van der Waals surface area contributed by atoms with Gasteiger partial charge in [0.25, 0.3) is 0 Å². The molecule has 0 aromatic rings. The average molecular weight is 162 g/mol. The first-order chi connectivity index (χ1) is 4.88. The number of alkyl halides is 3. The van der Waals surface area contributed by atoms with E-state index in [0.29, 0.717) is 5.57 Å². The third-order valence-corrected chi connectivity index (χ3v) is 0.949. The molecule has 0 heterocycles. The van der Waals surface area contributed by atoms with Gasteiger partial charge in [-0.05, 0) is 13.0 Å². The Morgan fingerprint density at radius 2 is 1.82 bits per heavy atom. The predicted molar refractivity (Wildman–Crippen MR) is 39.1 cm³/mol. The van der Waals surface area contributed by atoms with Gasteiger partial charge in [-0.1, -0.05) is 24.8 Å². The van der Waals surface area contributed by atoms with Crippen LogP contribution < -0.4 is 0 Å². The highest BCUT2D eigenvalue weighted by atomic mass is 19.4. The van der Waals surface area contributed by atoms with Crippen molar-refractivity contribution in [2.75, 3.05) is 0 Å². The first-order valence-electron chi connectivity index (χ1n) is 2.94. The van der Waals surface area contributed by atoms with Crippen LogP contribution in [0.15, 0.2) is 36.5 Å². The van der Waals surface area contributed by atoms with E-state index in [0.717, 1.165) is 12.2 Å². The van der Waals surface area contributed by atoms with Crippen molar-refractivity contribution >= 4 is 0 Å². The Morgan fingerprint density at radius 1 is 1.36 bits per heavy atom. The van der Waals surface area contributed by atoms with Crippen molar-refractivity contribution in [3.63, 3.8) is 0 Å². The molecule has 0 aliphatic heterocycles. The normalized spacial score (nSPS) is 12.9. The van der Waals surface area contributed by atoms with E-state index >= 15 is 0 Å². The number of allylic oxidation sites excluding steroid dienone is 4. The second-order valence-corrected chi connectivity index (χ2v) is 2.15. The molecule has 0 aromatic heterocycles. The molecular weight excluding hydrogens is 153 g/mol. The van der Waals surface area contributed by atoms with Crippen LogP contribution in [0.5, 0.6) is 0 Å². The molecule has 0 saturated carbocycles. The standard InChI is InChI=1S/C8H9F3/c1-4-7(5-6(2)3)8(9,10)11/h4-5H,1-2H2,3H3/b7-5+. The zero-order chi connectivity index (χ0) is 9.07. The van der Waals surface area contributed by atoms with Crippen LogP contribution in [-0.2, 0) is 0 Å². The molecule has 0 bridgehead atoms. The van der Waals surface area contributed by atoms with Crippen LogP contribution in [0.4, 0.5) is 13.2 Å². The van der Waals surface area contributed by atoms with Gasteiger partial charge in [-0.2, -0.15) is 13.2 Å². The fourth-order valence-corrected chi connectivity index (χ4v) is 0.522. The molecule has 0 aliphatic rings. The van der Waals surface area contributed by atoms with Crippen LogP contribution in [-0.4, -0.2) is 6.18 Å². The van der Waals surface area contributed by atoms with Crippen LogP contribution in [0.2, 0.25) is 0 Å². The molecule has 0 N–H and O–H groups in total. The van der Waals surface area contributed by atoms with Crippen molar-refractivity contribution < 1.29 is 13.2 Å². The first-order valence-corrected chi connectivity index (χ1v) is 2.94. The van der Waals surface area contributed by atoms with Crippen LogP contribution in [0.25, 0.3) is 0 Å². The third-order valence-electron chi connectivity index (χ3n) is 0.949. The van der Waals surface area contributed by atoms with Crippen molar-refractivity contribution in [2.24, 2.45) is 0 Å². The molecule has 0 fully saturated rings. The summed E-state index contributed by atoms with van der Waals surface area (Å²) in [6.07, 6.45) is -2.59. The van der Waals surface area contributed by atoms with Crippen LogP contribution in [0.3, 0.4) is 0 Å². The van der Waals surface area contributed by atoms with Crippen molar-refractivity contribution in [2.45, 2.75) is 13.1 Å². The van der Waals surface area contributed by atoms with Gasteiger partial charge < -0.3 is 0 Å². The fourth-order valence-electron chi connectivity index (χ4n) is 0.522. The van der Waals surface area contributed by atoms with Crippen molar-refractivity contribution in [3.8, 4) is 0 Å². The zero-order valence-electron chi connectivity index (χ0n) is 6.20. The largest absolute Gasteiger partial charge is 0.416 e. The summed E-state index contributed by atoms with van der Waals surface area (Å²) in [5.41, 5.74) is -0.401. The molecule has 0 radical (unpaired) electrons. The van der Waals surface area contributed by atoms with Gasteiger partial charge in [0.1, 0.15) is 0 Å². The highest BCUT2D eigenvalue weighted by Gasteiger charge is 2.30. The molecule has 0 aliphatic carbocycles. The second-order valence-electron chi connectivity index (χ2n) is 2.15. The Hall–Kier alpha value is -0.990. The summed E-state index contributed by atoms with van der Waals surface area (Å²) in [5.74, 6) is 0. The highest BCUT2D eigenvalue weighted by molar-refractivity contribution is 5.29. The predicted octanol–water partition coefficient (Wildman–Crippen LogP) is 3.24. The number of hydrogen-bond acceptors (Lipinski definition) is 0. The topological polar surface area (TPSA) is 0 Å². The van der Waals surface area contributed by atoms with Crippen LogP contribution in [0, 0.1) is 0 Å². The summed E-state index contributed by atoms with van der Waals surface area (Å²) in [5, 5.41) is 0. The first kappa shape index (κ1) is 10.0. The van der Waals surface area contributed by atoms with Gasteiger partial charge in [0.15, 0.2) is 0 Å².